The standard InChI is InChI=1S/C16H12N.C14H22O2.Ir/c1-12-6-5-9-14-10-16(17-11-15(12)14)13-7-3-2-4-8-13;1-13(2)7-5-9-6-8-14(3,4)12(16)10(9)11(13)15;/h2-7,9-11H,1H3;9,15H,5-8H2,1-4H3;/q-1;;. The van der Waals surface area contributed by atoms with Gasteiger partial charge in [-0.15, -0.1) is 35.9 Å². The Hall–Kier alpha value is -2.29. The van der Waals surface area contributed by atoms with E-state index in [9.17, 15) is 9.90 Å². The van der Waals surface area contributed by atoms with E-state index in [1.54, 1.807) is 0 Å². The van der Waals surface area contributed by atoms with Crippen LogP contribution in [0.4, 0.5) is 0 Å². The fourth-order valence-electron chi connectivity index (χ4n) is 4.97. The molecule has 1 heterocycles. The Morgan fingerprint density at radius 2 is 1.71 bits per heavy atom. The van der Waals surface area contributed by atoms with Crippen molar-refractivity contribution in [2.75, 3.05) is 0 Å². The Balaban J connectivity index is 0.000000186. The number of pyridine rings is 1. The topological polar surface area (TPSA) is 50.2 Å². The minimum Gasteiger partial charge on any atom is -0.511 e. The third-order valence-electron chi connectivity index (χ3n) is 7.37. The van der Waals surface area contributed by atoms with Crippen LogP contribution in [0.25, 0.3) is 22.0 Å². The van der Waals surface area contributed by atoms with E-state index in [1.807, 2.05) is 58.2 Å². The van der Waals surface area contributed by atoms with Gasteiger partial charge in [0, 0.05) is 48.1 Å². The van der Waals surface area contributed by atoms with E-state index in [-0.39, 0.29) is 36.7 Å². The summed E-state index contributed by atoms with van der Waals surface area (Å²) in [7, 11) is 0. The number of aliphatic hydroxyl groups excluding tert-OH is 1. The zero-order valence-corrected chi connectivity index (χ0v) is 23.1. The quantitative estimate of drug-likeness (QED) is 0.281. The molecule has 0 spiro atoms. The van der Waals surface area contributed by atoms with Crippen molar-refractivity contribution in [3.05, 3.63) is 77.7 Å². The number of aliphatic hydroxyl groups is 1. The molecule has 1 N–H and O–H groups in total. The number of hydrogen-bond acceptors (Lipinski definition) is 3. The van der Waals surface area contributed by atoms with Crippen LogP contribution in [0, 0.1) is 29.7 Å². The maximum Gasteiger partial charge on any atom is 0.168 e. The molecule has 0 bridgehead atoms. The van der Waals surface area contributed by atoms with Crippen LogP contribution in [-0.2, 0) is 24.9 Å². The number of aryl methyl sites for hydroxylation is 1. The van der Waals surface area contributed by atoms with Crippen molar-refractivity contribution in [2.24, 2.45) is 16.7 Å². The second kappa shape index (κ2) is 10.1. The molecule has 2 aromatic carbocycles. The van der Waals surface area contributed by atoms with Gasteiger partial charge < -0.3 is 10.1 Å². The van der Waals surface area contributed by atoms with Crippen molar-refractivity contribution < 1.29 is 30.0 Å². The Kier molecular flexibility index (Phi) is 7.85. The summed E-state index contributed by atoms with van der Waals surface area (Å²) in [6.07, 6.45) is 5.98. The number of carbonyl (C=O) groups excluding carboxylic acids is 1. The maximum atomic E-state index is 12.4. The molecule has 1 unspecified atom stereocenters. The fourth-order valence-corrected chi connectivity index (χ4v) is 4.97. The first-order valence-corrected chi connectivity index (χ1v) is 11.9. The van der Waals surface area contributed by atoms with Crippen molar-refractivity contribution >= 4 is 16.6 Å². The van der Waals surface area contributed by atoms with Crippen LogP contribution in [0.1, 0.15) is 58.9 Å². The SMILES string of the molecule is CC1(C)CCC2CCC(C)(C)C(O)=C2C1=O.Cc1cccc2cc(-c3[c-]cccc3)ncc12.[Ir]. The van der Waals surface area contributed by atoms with Crippen LogP contribution in [-0.4, -0.2) is 15.9 Å². The zero-order chi connectivity index (χ0) is 23.8. The number of hydrogen-bond donors (Lipinski definition) is 1. The molecule has 1 radical (unpaired) electrons. The number of rotatable bonds is 1. The molecule has 34 heavy (non-hydrogen) atoms. The summed E-state index contributed by atoms with van der Waals surface area (Å²) in [6.45, 7) is 10.2. The van der Waals surface area contributed by atoms with Gasteiger partial charge in [0.2, 0.25) is 0 Å². The Morgan fingerprint density at radius 3 is 2.38 bits per heavy atom. The summed E-state index contributed by atoms with van der Waals surface area (Å²) < 4.78 is 0. The summed E-state index contributed by atoms with van der Waals surface area (Å²) in [5, 5.41) is 12.7. The summed E-state index contributed by atoms with van der Waals surface area (Å²) in [6, 6.07) is 19.6. The molecule has 2 aliphatic rings. The second-order valence-electron chi connectivity index (χ2n) is 10.8. The Bertz CT molecular complexity index is 1210. The predicted octanol–water partition coefficient (Wildman–Crippen LogP) is 7.63. The smallest absolute Gasteiger partial charge is 0.168 e. The molecule has 3 nitrogen and oxygen atoms in total. The molecular formula is C30H34IrNO2-. The van der Waals surface area contributed by atoms with E-state index in [2.05, 4.69) is 42.2 Å². The van der Waals surface area contributed by atoms with Crippen LogP contribution < -0.4 is 0 Å². The summed E-state index contributed by atoms with van der Waals surface area (Å²) in [5.74, 6) is 0.851. The third-order valence-corrected chi connectivity index (χ3v) is 7.37. The molecule has 0 aliphatic heterocycles. The van der Waals surface area contributed by atoms with E-state index >= 15 is 0 Å². The summed E-state index contributed by atoms with van der Waals surface area (Å²) >= 11 is 0. The first-order chi connectivity index (χ1) is 15.6. The maximum absolute atomic E-state index is 12.4. The zero-order valence-electron chi connectivity index (χ0n) is 20.7. The largest absolute Gasteiger partial charge is 0.511 e. The number of carbonyl (C=O) groups is 1. The van der Waals surface area contributed by atoms with Crippen LogP contribution in [0.2, 0.25) is 0 Å². The Labute approximate surface area is 217 Å². The normalized spacial score (nSPS) is 20.6. The van der Waals surface area contributed by atoms with Crippen molar-refractivity contribution in [2.45, 2.75) is 60.3 Å². The second-order valence-corrected chi connectivity index (χ2v) is 10.8. The number of aromatic nitrogens is 1. The molecular weight excluding hydrogens is 599 g/mol. The van der Waals surface area contributed by atoms with Gasteiger partial charge in [0.15, 0.2) is 5.78 Å². The van der Waals surface area contributed by atoms with Gasteiger partial charge in [-0.2, -0.15) is 0 Å². The minimum atomic E-state index is -0.284. The molecule has 0 amide bonds. The molecule has 2 aliphatic carbocycles. The van der Waals surface area contributed by atoms with Crippen molar-refractivity contribution in [1.82, 2.24) is 4.98 Å². The summed E-state index contributed by atoms with van der Waals surface area (Å²) in [4.78, 5) is 16.9. The molecule has 1 aromatic heterocycles. The number of fused-ring (bicyclic) bond motifs is 2. The third kappa shape index (κ3) is 5.19. The molecule has 181 valence electrons. The van der Waals surface area contributed by atoms with Crippen molar-refractivity contribution in [1.29, 1.82) is 0 Å². The van der Waals surface area contributed by atoms with E-state index in [0.29, 0.717) is 11.7 Å². The molecule has 1 fully saturated rings. The van der Waals surface area contributed by atoms with Gasteiger partial charge in [-0.25, -0.2) is 0 Å². The van der Waals surface area contributed by atoms with Crippen LogP contribution in [0.15, 0.2) is 66.1 Å². The average Bonchev–Trinajstić information content (AvgIpc) is 2.80. The van der Waals surface area contributed by atoms with Crippen LogP contribution in [0.3, 0.4) is 0 Å². The predicted molar refractivity (Wildman–Crippen MR) is 135 cm³/mol. The van der Waals surface area contributed by atoms with Gasteiger partial charge in [0.1, 0.15) is 5.76 Å². The van der Waals surface area contributed by atoms with Gasteiger partial charge in [-0.3, -0.25) is 4.79 Å². The number of benzene rings is 2. The van der Waals surface area contributed by atoms with Gasteiger partial charge in [0.25, 0.3) is 0 Å². The van der Waals surface area contributed by atoms with Crippen molar-refractivity contribution in [3.63, 3.8) is 0 Å². The molecule has 1 atom stereocenters. The molecule has 4 heteroatoms. The number of ketones is 1. The molecule has 5 rings (SSSR count). The molecule has 0 saturated heterocycles. The first-order valence-electron chi connectivity index (χ1n) is 11.9. The van der Waals surface area contributed by atoms with E-state index < -0.39 is 0 Å². The van der Waals surface area contributed by atoms with Gasteiger partial charge in [-0.05, 0) is 55.2 Å². The number of allylic oxidation sites excluding steroid dienone is 2. The number of Topliss-reactive ketones (excluding diaryl/α,β-unsaturated/α-hetero) is 1. The van der Waals surface area contributed by atoms with Crippen molar-refractivity contribution in [3.8, 4) is 11.3 Å². The van der Waals surface area contributed by atoms with Crippen LogP contribution >= 0.6 is 0 Å². The fraction of sp³-hybridized carbons (Fsp3) is 0.400. The van der Waals surface area contributed by atoms with Gasteiger partial charge in [0.05, 0.1) is 0 Å². The first kappa shape index (κ1) is 26.3. The monoisotopic (exact) mass is 633 g/mol. The molecule has 3 aromatic rings. The average molecular weight is 633 g/mol. The summed E-state index contributed by atoms with van der Waals surface area (Å²) in [5.41, 5.74) is 3.52. The van der Waals surface area contributed by atoms with Gasteiger partial charge in [-0.1, -0.05) is 52.0 Å². The van der Waals surface area contributed by atoms with E-state index in [4.69, 9.17) is 0 Å². The van der Waals surface area contributed by atoms with E-state index in [0.717, 1.165) is 42.5 Å². The number of nitrogens with zero attached hydrogens (tertiary/aromatic N) is 1. The van der Waals surface area contributed by atoms with Gasteiger partial charge >= 0.3 is 0 Å². The Morgan fingerprint density at radius 1 is 1.00 bits per heavy atom. The minimum absolute atomic E-state index is 0. The van der Waals surface area contributed by atoms with E-state index in [1.165, 1.54) is 16.3 Å². The molecule has 1 saturated carbocycles. The van der Waals surface area contributed by atoms with Crippen LogP contribution in [0.5, 0.6) is 0 Å².